The van der Waals surface area contributed by atoms with E-state index in [1.807, 2.05) is 32.0 Å². The molecule has 17 heavy (non-hydrogen) atoms. The van der Waals surface area contributed by atoms with Crippen molar-refractivity contribution in [2.24, 2.45) is 0 Å². The fourth-order valence-electron chi connectivity index (χ4n) is 1.46. The summed E-state index contributed by atoms with van der Waals surface area (Å²) in [7, 11) is 0. The summed E-state index contributed by atoms with van der Waals surface area (Å²) >= 11 is 0. The van der Waals surface area contributed by atoms with E-state index >= 15 is 0 Å². The normalized spacial score (nSPS) is 11.6. The molecule has 0 aliphatic heterocycles. The van der Waals surface area contributed by atoms with Crippen molar-refractivity contribution in [3.05, 3.63) is 29.3 Å². The van der Waals surface area contributed by atoms with Gasteiger partial charge in [-0.2, -0.15) is 8.78 Å². The van der Waals surface area contributed by atoms with E-state index in [0.717, 1.165) is 16.9 Å². The number of hydrogen-bond acceptors (Lipinski definition) is 2. The zero-order valence-electron chi connectivity index (χ0n) is 10.4. The predicted molar refractivity (Wildman–Crippen MR) is 62.6 cm³/mol. The third kappa shape index (κ3) is 4.30. The lowest BCUT2D eigenvalue weighted by Crippen LogP contribution is -2.22. The summed E-state index contributed by atoms with van der Waals surface area (Å²) in [6, 6.07) is 5.77. The lowest BCUT2D eigenvalue weighted by molar-refractivity contribution is -0.241. The van der Waals surface area contributed by atoms with Gasteiger partial charge in [0.25, 0.3) is 0 Å². The lowest BCUT2D eigenvalue weighted by Gasteiger charge is -2.16. The monoisotopic (exact) mass is 244 g/mol. The fourth-order valence-corrected chi connectivity index (χ4v) is 1.46. The predicted octanol–water partition coefficient (Wildman–Crippen LogP) is 3.70. The maximum atomic E-state index is 12.8. The molecule has 0 aliphatic rings. The van der Waals surface area contributed by atoms with Crippen molar-refractivity contribution in [2.45, 2.75) is 33.3 Å². The number of benzene rings is 1. The Hall–Kier alpha value is -1.16. The van der Waals surface area contributed by atoms with E-state index in [9.17, 15) is 8.78 Å². The minimum Gasteiger partial charge on any atom is -0.491 e. The first kappa shape index (κ1) is 13.9. The number of hydrogen-bond donors (Lipinski definition) is 0. The van der Waals surface area contributed by atoms with Gasteiger partial charge in [-0.25, -0.2) is 0 Å². The van der Waals surface area contributed by atoms with Crippen LogP contribution in [0.25, 0.3) is 0 Å². The van der Waals surface area contributed by atoms with Gasteiger partial charge >= 0.3 is 6.11 Å². The third-order valence-electron chi connectivity index (χ3n) is 2.46. The van der Waals surface area contributed by atoms with Crippen LogP contribution in [-0.2, 0) is 4.74 Å². The van der Waals surface area contributed by atoms with Gasteiger partial charge in [0.1, 0.15) is 12.4 Å². The van der Waals surface area contributed by atoms with Crippen LogP contribution in [0.5, 0.6) is 5.75 Å². The molecule has 1 aromatic carbocycles. The molecule has 0 fully saturated rings. The number of alkyl halides is 2. The Morgan fingerprint density at radius 3 is 2.24 bits per heavy atom. The first-order valence-corrected chi connectivity index (χ1v) is 5.67. The molecule has 0 aromatic heterocycles. The van der Waals surface area contributed by atoms with Crippen LogP contribution in [-0.4, -0.2) is 19.3 Å². The molecule has 0 aliphatic carbocycles. The second-order valence-corrected chi connectivity index (χ2v) is 3.91. The van der Waals surface area contributed by atoms with Crippen LogP contribution in [0.15, 0.2) is 18.2 Å². The summed E-state index contributed by atoms with van der Waals surface area (Å²) in [6.45, 7) is 5.23. The number of para-hydroxylation sites is 1. The SMILES string of the molecule is CCC(F)(F)OCCOc1c(C)cccc1C. The first-order valence-electron chi connectivity index (χ1n) is 5.67. The Morgan fingerprint density at radius 1 is 1.12 bits per heavy atom. The highest BCUT2D eigenvalue weighted by Gasteiger charge is 2.26. The van der Waals surface area contributed by atoms with Crippen molar-refractivity contribution in [3.63, 3.8) is 0 Å². The van der Waals surface area contributed by atoms with E-state index in [4.69, 9.17) is 4.74 Å². The van der Waals surface area contributed by atoms with Crippen LogP contribution in [0.1, 0.15) is 24.5 Å². The zero-order valence-corrected chi connectivity index (χ0v) is 10.4. The van der Waals surface area contributed by atoms with Gasteiger partial charge in [0.15, 0.2) is 0 Å². The Kier molecular flexibility index (Phi) is 4.87. The van der Waals surface area contributed by atoms with Crippen LogP contribution >= 0.6 is 0 Å². The van der Waals surface area contributed by atoms with E-state index < -0.39 is 6.11 Å². The van der Waals surface area contributed by atoms with Gasteiger partial charge < -0.3 is 9.47 Å². The largest absolute Gasteiger partial charge is 0.491 e. The summed E-state index contributed by atoms with van der Waals surface area (Å²) in [6.07, 6.45) is -3.37. The maximum absolute atomic E-state index is 12.8. The van der Waals surface area contributed by atoms with Crippen LogP contribution in [0.4, 0.5) is 8.78 Å². The molecule has 0 N–H and O–H groups in total. The highest BCUT2D eigenvalue weighted by molar-refractivity contribution is 5.39. The number of ether oxygens (including phenoxy) is 2. The first-order chi connectivity index (χ1) is 7.96. The molecule has 0 bridgehead atoms. The molecule has 0 saturated carbocycles. The van der Waals surface area contributed by atoms with Crippen molar-refractivity contribution in [2.75, 3.05) is 13.2 Å². The molecule has 0 unspecified atom stereocenters. The van der Waals surface area contributed by atoms with Gasteiger partial charge in [0, 0.05) is 6.42 Å². The summed E-state index contributed by atoms with van der Waals surface area (Å²) in [5.41, 5.74) is 1.99. The summed E-state index contributed by atoms with van der Waals surface area (Å²) in [5.74, 6) is 0.746. The third-order valence-corrected chi connectivity index (χ3v) is 2.46. The minimum atomic E-state index is -3.05. The van der Waals surface area contributed by atoms with Gasteiger partial charge in [-0.05, 0) is 25.0 Å². The second-order valence-electron chi connectivity index (χ2n) is 3.91. The van der Waals surface area contributed by atoms with Crippen LogP contribution in [0.2, 0.25) is 0 Å². The van der Waals surface area contributed by atoms with Crippen molar-refractivity contribution in [1.29, 1.82) is 0 Å². The average molecular weight is 244 g/mol. The number of aryl methyl sites for hydroxylation is 2. The van der Waals surface area contributed by atoms with Crippen LogP contribution < -0.4 is 4.74 Å². The van der Waals surface area contributed by atoms with E-state index in [1.54, 1.807) is 0 Å². The molecule has 2 nitrogen and oxygen atoms in total. The van der Waals surface area contributed by atoms with E-state index in [-0.39, 0.29) is 19.6 Å². The Balaban J connectivity index is 2.42. The Labute approximate surface area is 101 Å². The van der Waals surface area contributed by atoms with Gasteiger partial charge in [-0.3, -0.25) is 0 Å². The quantitative estimate of drug-likeness (QED) is 0.710. The summed E-state index contributed by atoms with van der Waals surface area (Å²) < 4.78 is 35.4. The molecule has 4 heteroatoms. The lowest BCUT2D eigenvalue weighted by atomic mass is 10.1. The van der Waals surface area contributed by atoms with Gasteiger partial charge in [-0.15, -0.1) is 0 Å². The number of rotatable bonds is 6. The molecule has 0 spiro atoms. The van der Waals surface area contributed by atoms with Crippen molar-refractivity contribution >= 4 is 0 Å². The van der Waals surface area contributed by atoms with Crippen LogP contribution in [0.3, 0.4) is 0 Å². The molecule has 0 heterocycles. The molecule has 0 amide bonds. The Bertz CT molecular complexity index is 344. The second kappa shape index (κ2) is 5.96. The smallest absolute Gasteiger partial charge is 0.355 e. The van der Waals surface area contributed by atoms with Crippen LogP contribution in [0, 0.1) is 13.8 Å². The van der Waals surface area contributed by atoms with E-state index in [0.29, 0.717) is 0 Å². The molecule has 1 rings (SSSR count). The fraction of sp³-hybridized carbons (Fsp3) is 0.538. The maximum Gasteiger partial charge on any atom is 0.355 e. The molecule has 0 atom stereocenters. The van der Waals surface area contributed by atoms with Gasteiger partial charge in [0.2, 0.25) is 0 Å². The summed E-state index contributed by atoms with van der Waals surface area (Å²) in [5, 5.41) is 0. The molecule has 0 saturated heterocycles. The standard InChI is InChI=1S/C13H18F2O2/c1-4-13(14,15)17-9-8-16-12-10(2)6-5-7-11(12)3/h5-7H,4,8-9H2,1-3H3. The number of halogens is 2. The Morgan fingerprint density at radius 2 is 1.71 bits per heavy atom. The molecular formula is C13H18F2O2. The molecular weight excluding hydrogens is 226 g/mol. The highest BCUT2D eigenvalue weighted by atomic mass is 19.3. The zero-order chi connectivity index (χ0) is 12.9. The van der Waals surface area contributed by atoms with Crippen molar-refractivity contribution in [1.82, 2.24) is 0 Å². The van der Waals surface area contributed by atoms with Crippen molar-refractivity contribution < 1.29 is 18.3 Å². The van der Waals surface area contributed by atoms with E-state index in [2.05, 4.69) is 4.74 Å². The van der Waals surface area contributed by atoms with Gasteiger partial charge in [-0.1, -0.05) is 25.1 Å². The summed E-state index contributed by atoms with van der Waals surface area (Å²) in [4.78, 5) is 0. The van der Waals surface area contributed by atoms with Crippen molar-refractivity contribution in [3.8, 4) is 5.75 Å². The molecule has 96 valence electrons. The van der Waals surface area contributed by atoms with Gasteiger partial charge in [0.05, 0.1) is 6.61 Å². The molecule has 0 radical (unpaired) electrons. The van der Waals surface area contributed by atoms with E-state index in [1.165, 1.54) is 6.92 Å². The highest BCUT2D eigenvalue weighted by Crippen LogP contribution is 2.23. The molecule has 1 aromatic rings. The topological polar surface area (TPSA) is 18.5 Å². The minimum absolute atomic E-state index is 0.116. The average Bonchev–Trinajstić information content (AvgIpc) is 2.27.